The maximum atomic E-state index is 12.6. The smallest absolute Gasteiger partial charge is 0.145 e. The molecule has 0 bridgehead atoms. The van der Waals surface area contributed by atoms with Crippen LogP contribution in [0.5, 0.6) is 0 Å². The van der Waals surface area contributed by atoms with Gasteiger partial charge in [0.2, 0.25) is 0 Å². The van der Waals surface area contributed by atoms with Gasteiger partial charge in [0.1, 0.15) is 5.78 Å². The van der Waals surface area contributed by atoms with E-state index in [1.54, 1.807) is 0 Å². The summed E-state index contributed by atoms with van der Waals surface area (Å²) in [7, 11) is 0. The van der Waals surface area contributed by atoms with Crippen LogP contribution in [0.25, 0.3) is 0 Å². The van der Waals surface area contributed by atoms with Crippen molar-refractivity contribution in [2.75, 3.05) is 0 Å². The Hall–Kier alpha value is -1.62. The molecule has 1 fully saturated rings. The average Bonchev–Trinajstić information content (AvgIpc) is 2.88. The normalized spacial score (nSPS) is 17.7. The molecule has 0 aromatic heterocycles. The fourth-order valence-corrected chi connectivity index (χ4v) is 3.07. The van der Waals surface area contributed by atoms with Gasteiger partial charge in [-0.3, -0.25) is 4.79 Å². The molecule has 1 aromatic rings. The molecule has 0 amide bonds. The fraction of sp³-hybridized carbons (Fsp3) is 0.500. The summed E-state index contributed by atoms with van der Waals surface area (Å²) in [6, 6.07) is 9.69. The fourth-order valence-electron chi connectivity index (χ4n) is 3.07. The molecule has 1 aliphatic carbocycles. The number of hydrogen-bond acceptors (Lipinski definition) is 2. The van der Waals surface area contributed by atoms with Crippen LogP contribution < -0.4 is 0 Å². The van der Waals surface area contributed by atoms with Crippen molar-refractivity contribution < 1.29 is 4.79 Å². The summed E-state index contributed by atoms with van der Waals surface area (Å²) in [4.78, 5) is 12.6. The minimum atomic E-state index is -0.290. The van der Waals surface area contributed by atoms with Gasteiger partial charge >= 0.3 is 0 Å². The summed E-state index contributed by atoms with van der Waals surface area (Å²) in [6.07, 6.45) is 4.16. The van der Waals surface area contributed by atoms with E-state index in [9.17, 15) is 4.79 Å². The predicted molar refractivity (Wildman–Crippen MR) is 71.1 cm³/mol. The average molecular weight is 241 g/mol. The highest BCUT2D eigenvalue weighted by molar-refractivity contribution is 5.92. The minimum Gasteiger partial charge on any atom is -0.298 e. The lowest BCUT2D eigenvalue weighted by Crippen LogP contribution is -2.36. The van der Waals surface area contributed by atoms with Crippen molar-refractivity contribution in [3.05, 3.63) is 35.4 Å². The largest absolute Gasteiger partial charge is 0.298 e. The van der Waals surface area contributed by atoms with Crippen LogP contribution in [-0.4, -0.2) is 5.78 Å². The van der Waals surface area contributed by atoms with Gasteiger partial charge in [-0.25, -0.2) is 0 Å². The molecule has 94 valence electrons. The van der Waals surface area contributed by atoms with Crippen LogP contribution in [0.4, 0.5) is 0 Å². The third-order valence-corrected chi connectivity index (χ3v) is 4.02. The van der Waals surface area contributed by atoms with E-state index in [1.165, 1.54) is 0 Å². The molecule has 0 saturated heterocycles. The van der Waals surface area contributed by atoms with Gasteiger partial charge in [0.25, 0.3) is 0 Å². The third-order valence-electron chi connectivity index (χ3n) is 4.02. The molecule has 0 atom stereocenters. The Morgan fingerprint density at radius 3 is 2.22 bits per heavy atom. The van der Waals surface area contributed by atoms with Crippen molar-refractivity contribution in [3.8, 4) is 6.07 Å². The molecule has 0 N–H and O–H groups in total. The molecule has 2 rings (SSSR count). The van der Waals surface area contributed by atoms with Crippen LogP contribution >= 0.6 is 0 Å². The van der Waals surface area contributed by atoms with Crippen molar-refractivity contribution in [1.82, 2.24) is 0 Å². The van der Waals surface area contributed by atoms with E-state index in [-0.39, 0.29) is 11.3 Å². The molecule has 2 nitrogen and oxygen atoms in total. The minimum absolute atomic E-state index is 0.0683. The molecule has 1 saturated carbocycles. The zero-order valence-corrected chi connectivity index (χ0v) is 11.1. The Labute approximate surface area is 109 Å². The standard InChI is InChI=1S/C16H19NO/c1-12(2)15(18)16(9-3-4-10-16)14-7-5-13(11-17)6-8-14/h5-8,12H,3-4,9-10H2,1-2H3. The molecule has 0 radical (unpaired) electrons. The molecule has 1 aromatic carbocycles. The summed E-state index contributed by atoms with van der Waals surface area (Å²) < 4.78 is 0. The maximum Gasteiger partial charge on any atom is 0.145 e. The summed E-state index contributed by atoms with van der Waals surface area (Å²) in [5.74, 6) is 0.420. The highest BCUT2D eigenvalue weighted by Gasteiger charge is 2.42. The maximum absolute atomic E-state index is 12.6. The number of nitriles is 1. The Kier molecular flexibility index (Phi) is 3.52. The van der Waals surface area contributed by atoms with Gasteiger partial charge in [-0.05, 0) is 30.5 Å². The number of benzene rings is 1. The Morgan fingerprint density at radius 1 is 1.22 bits per heavy atom. The van der Waals surface area contributed by atoms with E-state index in [2.05, 4.69) is 6.07 Å². The van der Waals surface area contributed by atoms with E-state index in [1.807, 2.05) is 38.1 Å². The molecule has 0 spiro atoms. The highest BCUT2D eigenvalue weighted by atomic mass is 16.1. The van der Waals surface area contributed by atoms with Gasteiger partial charge < -0.3 is 0 Å². The zero-order valence-electron chi connectivity index (χ0n) is 11.1. The monoisotopic (exact) mass is 241 g/mol. The Balaban J connectivity index is 2.41. The SMILES string of the molecule is CC(C)C(=O)C1(c2ccc(C#N)cc2)CCCC1. The molecule has 2 heteroatoms. The zero-order chi connectivity index (χ0) is 13.2. The topological polar surface area (TPSA) is 40.9 Å². The number of carbonyl (C=O) groups is 1. The summed E-state index contributed by atoms with van der Waals surface area (Å²) in [6.45, 7) is 3.96. The second-order valence-corrected chi connectivity index (χ2v) is 5.50. The van der Waals surface area contributed by atoms with Crippen LogP contribution in [-0.2, 0) is 10.2 Å². The van der Waals surface area contributed by atoms with Gasteiger partial charge in [0.15, 0.2) is 0 Å². The lowest BCUT2D eigenvalue weighted by Gasteiger charge is -2.30. The summed E-state index contributed by atoms with van der Waals surface area (Å²) >= 11 is 0. The first kappa shape index (κ1) is 12.8. The van der Waals surface area contributed by atoms with Crippen LogP contribution in [0.3, 0.4) is 0 Å². The van der Waals surface area contributed by atoms with Crippen molar-refractivity contribution in [2.45, 2.75) is 44.9 Å². The highest BCUT2D eigenvalue weighted by Crippen LogP contribution is 2.43. The molecule has 0 unspecified atom stereocenters. The number of nitrogens with zero attached hydrogens (tertiary/aromatic N) is 1. The molecular formula is C16H19NO. The quantitative estimate of drug-likeness (QED) is 0.811. The van der Waals surface area contributed by atoms with Gasteiger partial charge in [-0.1, -0.05) is 38.8 Å². The Bertz CT molecular complexity index is 473. The first-order valence-corrected chi connectivity index (χ1v) is 6.65. The number of hydrogen-bond donors (Lipinski definition) is 0. The second kappa shape index (κ2) is 4.94. The molecule has 0 heterocycles. The summed E-state index contributed by atoms with van der Waals surface area (Å²) in [5, 5.41) is 8.84. The molecular weight excluding hydrogens is 222 g/mol. The number of ketones is 1. The lowest BCUT2D eigenvalue weighted by molar-refractivity contribution is -0.127. The van der Waals surface area contributed by atoms with Crippen molar-refractivity contribution in [1.29, 1.82) is 5.26 Å². The molecule has 18 heavy (non-hydrogen) atoms. The summed E-state index contributed by atoms with van der Waals surface area (Å²) in [5.41, 5.74) is 1.46. The van der Waals surface area contributed by atoms with Crippen LogP contribution in [0.2, 0.25) is 0 Å². The van der Waals surface area contributed by atoms with Gasteiger partial charge in [-0.2, -0.15) is 5.26 Å². The molecule has 0 aliphatic heterocycles. The van der Waals surface area contributed by atoms with Crippen LogP contribution in [0.15, 0.2) is 24.3 Å². The third kappa shape index (κ3) is 2.06. The predicted octanol–water partition coefficient (Wildman–Crippen LogP) is 3.60. The van der Waals surface area contributed by atoms with E-state index in [0.29, 0.717) is 11.3 Å². The van der Waals surface area contributed by atoms with E-state index >= 15 is 0 Å². The van der Waals surface area contributed by atoms with Gasteiger partial charge in [-0.15, -0.1) is 0 Å². The van der Waals surface area contributed by atoms with E-state index in [4.69, 9.17) is 5.26 Å². The number of carbonyl (C=O) groups excluding carboxylic acids is 1. The van der Waals surface area contributed by atoms with Crippen molar-refractivity contribution in [2.24, 2.45) is 5.92 Å². The number of rotatable bonds is 3. The van der Waals surface area contributed by atoms with Gasteiger partial charge in [0, 0.05) is 5.92 Å². The number of Topliss-reactive ketones (excluding diaryl/α,β-unsaturated/α-hetero) is 1. The first-order valence-electron chi connectivity index (χ1n) is 6.65. The van der Waals surface area contributed by atoms with E-state index < -0.39 is 0 Å². The van der Waals surface area contributed by atoms with Crippen molar-refractivity contribution >= 4 is 5.78 Å². The Morgan fingerprint density at radius 2 is 1.78 bits per heavy atom. The lowest BCUT2D eigenvalue weighted by atomic mass is 9.72. The van der Waals surface area contributed by atoms with Crippen LogP contribution in [0, 0.1) is 17.2 Å². The molecule has 1 aliphatic rings. The van der Waals surface area contributed by atoms with Gasteiger partial charge in [0.05, 0.1) is 17.0 Å². The first-order chi connectivity index (χ1) is 8.60. The van der Waals surface area contributed by atoms with Crippen molar-refractivity contribution in [3.63, 3.8) is 0 Å². The van der Waals surface area contributed by atoms with E-state index in [0.717, 1.165) is 31.2 Å². The van der Waals surface area contributed by atoms with Crippen LogP contribution in [0.1, 0.15) is 50.7 Å². The second-order valence-electron chi connectivity index (χ2n) is 5.50.